The van der Waals surface area contributed by atoms with Gasteiger partial charge in [0.1, 0.15) is 12.4 Å². The van der Waals surface area contributed by atoms with Gasteiger partial charge in [-0.3, -0.25) is 4.90 Å². The number of rotatable bonds is 8. The van der Waals surface area contributed by atoms with Gasteiger partial charge in [0.25, 0.3) is 0 Å². The first kappa shape index (κ1) is 20.5. The van der Waals surface area contributed by atoms with E-state index < -0.39 is 0 Å². The molecular weight excluding hydrogens is 398 g/mol. The molecule has 152 valence electrons. The molecule has 1 aromatic heterocycles. The molecule has 29 heavy (non-hydrogen) atoms. The zero-order valence-corrected chi connectivity index (χ0v) is 18.4. The third kappa shape index (κ3) is 5.43. The summed E-state index contributed by atoms with van der Waals surface area (Å²) in [5, 5.41) is 2.15. The number of benzene rings is 2. The fourth-order valence-electron chi connectivity index (χ4n) is 3.65. The standard InChI is InChI=1S/C24H27NO2S2/c1-28-22-10-6-20(7-11-22)24(23-3-2-18-29-23)19-4-8-21(9-5-19)27-17-14-25-12-15-26-16-13-25/h2-11,18,24H,12-17H2,1H3. The smallest absolute Gasteiger partial charge is 0.119 e. The molecule has 1 fully saturated rings. The number of thiophene rings is 1. The molecule has 0 radical (unpaired) electrons. The van der Waals surface area contributed by atoms with Crippen molar-refractivity contribution in [2.24, 2.45) is 0 Å². The molecule has 0 spiro atoms. The van der Waals surface area contributed by atoms with Crippen molar-refractivity contribution in [1.29, 1.82) is 0 Å². The first-order valence-corrected chi connectivity index (χ1v) is 12.1. The highest BCUT2D eigenvalue weighted by Crippen LogP contribution is 2.36. The third-order valence-electron chi connectivity index (χ3n) is 5.27. The van der Waals surface area contributed by atoms with Gasteiger partial charge in [0.2, 0.25) is 0 Å². The van der Waals surface area contributed by atoms with E-state index in [1.807, 2.05) is 11.3 Å². The van der Waals surface area contributed by atoms with Gasteiger partial charge in [-0.1, -0.05) is 30.3 Å². The molecule has 0 amide bonds. The van der Waals surface area contributed by atoms with E-state index in [0.29, 0.717) is 6.61 Å². The summed E-state index contributed by atoms with van der Waals surface area (Å²) in [7, 11) is 0. The van der Waals surface area contributed by atoms with Gasteiger partial charge < -0.3 is 9.47 Å². The Morgan fingerprint density at radius 3 is 2.31 bits per heavy atom. The molecule has 4 rings (SSSR count). The number of nitrogens with zero attached hydrogens (tertiary/aromatic N) is 1. The van der Waals surface area contributed by atoms with E-state index in [9.17, 15) is 0 Å². The van der Waals surface area contributed by atoms with Gasteiger partial charge in [-0.25, -0.2) is 0 Å². The Hall–Kier alpha value is -1.79. The predicted octanol–water partition coefficient (Wildman–Crippen LogP) is 5.36. The molecule has 1 atom stereocenters. The second-order valence-electron chi connectivity index (χ2n) is 7.09. The fraction of sp³-hybridized carbons (Fsp3) is 0.333. The van der Waals surface area contributed by atoms with Gasteiger partial charge in [-0.2, -0.15) is 0 Å². The first-order valence-electron chi connectivity index (χ1n) is 10.0. The van der Waals surface area contributed by atoms with Crippen molar-refractivity contribution in [3.8, 4) is 5.75 Å². The van der Waals surface area contributed by atoms with E-state index in [1.54, 1.807) is 11.8 Å². The van der Waals surface area contributed by atoms with Crippen molar-refractivity contribution in [2.75, 3.05) is 45.7 Å². The molecule has 0 bridgehead atoms. The minimum absolute atomic E-state index is 0.258. The van der Waals surface area contributed by atoms with Crippen LogP contribution < -0.4 is 4.74 Å². The topological polar surface area (TPSA) is 21.7 Å². The van der Waals surface area contributed by atoms with Gasteiger partial charge in [-0.15, -0.1) is 23.1 Å². The van der Waals surface area contributed by atoms with Crippen LogP contribution in [0.5, 0.6) is 5.75 Å². The molecule has 3 nitrogen and oxygen atoms in total. The Kier molecular flexibility index (Phi) is 7.28. The Labute approximate surface area is 181 Å². The molecule has 0 N–H and O–H groups in total. The number of hydrogen-bond donors (Lipinski definition) is 0. The summed E-state index contributed by atoms with van der Waals surface area (Å²) in [4.78, 5) is 5.05. The van der Waals surface area contributed by atoms with Gasteiger partial charge >= 0.3 is 0 Å². The van der Waals surface area contributed by atoms with Crippen LogP contribution >= 0.6 is 23.1 Å². The number of morpholine rings is 1. The SMILES string of the molecule is CSc1ccc(C(c2ccc(OCCN3CCOCC3)cc2)c2cccs2)cc1. The van der Waals surface area contributed by atoms with Gasteiger partial charge in [0, 0.05) is 35.3 Å². The van der Waals surface area contributed by atoms with Gasteiger partial charge in [-0.05, 0) is 53.1 Å². The molecule has 1 unspecified atom stereocenters. The maximum atomic E-state index is 5.99. The summed E-state index contributed by atoms with van der Waals surface area (Å²) in [5.41, 5.74) is 2.62. The van der Waals surface area contributed by atoms with Crippen LogP contribution in [-0.4, -0.2) is 50.6 Å². The molecule has 2 heterocycles. The van der Waals surface area contributed by atoms with Crippen molar-refractivity contribution in [1.82, 2.24) is 4.90 Å². The highest BCUT2D eigenvalue weighted by Gasteiger charge is 2.18. The average molecular weight is 426 g/mol. The molecule has 3 aromatic rings. The summed E-state index contributed by atoms with van der Waals surface area (Å²) >= 11 is 3.59. The van der Waals surface area contributed by atoms with Crippen LogP contribution in [0.4, 0.5) is 0 Å². The zero-order chi connectivity index (χ0) is 19.9. The fourth-order valence-corrected chi connectivity index (χ4v) is 4.93. The van der Waals surface area contributed by atoms with E-state index in [4.69, 9.17) is 9.47 Å². The normalized spacial score (nSPS) is 15.9. The summed E-state index contributed by atoms with van der Waals surface area (Å²) in [6.07, 6.45) is 2.11. The minimum Gasteiger partial charge on any atom is -0.492 e. The van der Waals surface area contributed by atoms with Gasteiger partial charge in [0.15, 0.2) is 0 Å². The van der Waals surface area contributed by atoms with Crippen molar-refractivity contribution in [2.45, 2.75) is 10.8 Å². The number of thioether (sulfide) groups is 1. The summed E-state index contributed by atoms with van der Waals surface area (Å²) in [6, 6.07) is 21.9. The van der Waals surface area contributed by atoms with Crippen LogP contribution in [0, 0.1) is 0 Å². The quantitative estimate of drug-likeness (QED) is 0.453. The Morgan fingerprint density at radius 1 is 1.00 bits per heavy atom. The van der Waals surface area contributed by atoms with Crippen LogP contribution in [0.3, 0.4) is 0 Å². The van der Waals surface area contributed by atoms with E-state index in [2.05, 4.69) is 77.2 Å². The number of hydrogen-bond acceptors (Lipinski definition) is 5. The molecule has 1 saturated heterocycles. The molecule has 1 aliphatic heterocycles. The van der Waals surface area contributed by atoms with Gasteiger partial charge in [0.05, 0.1) is 13.2 Å². The lowest BCUT2D eigenvalue weighted by molar-refractivity contribution is 0.0322. The van der Waals surface area contributed by atoms with E-state index in [-0.39, 0.29) is 5.92 Å². The van der Waals surface area contributed by atoms with Crippen molar-refractivity contribution < 1.29 is 9.47 Å². The maximum absolute atomic E-state index is 5.99. The molecule has 0 saturated carbocycles. The van der Waals surface area contributed by atoms with Crippen LogP contribution in [0.25, 0.3) is 0 Å². The summed E-state index contributed by atoms with van der Waals surface area (Å²) < 4.78 is 11.4. The summed E-state index contributed by atoms with van der Waals surface area (Å²) in [6.45, 7) is 5.32. The van der Waals surface area contributed by atoms with Crippen molar-refractivity contribution in [3.63, 3.8) is 0 Å². The monoisotopic (exact) mass is 425 g/mol. The molecule has 1 aliphatic rings. The predicted molar refractivity (Wildman–Crippen MR) is 123 cm³/mol. The van der Waals surface area contributed by atoms with E-state index in [1.165, 1.54) is 20.9 Å². The summed E-state index contributed by atoms with van der Waals surface area (Å²) in [5.74, 6) is 1.19. The van der Waals surface area contributed by atoms with E-state index in [0.717, 1.165) is 38.6 Å². The highest BCUT2D eigenvalue weighted by molar-refractivity contribution is 7.98. The molecule has 2 aromatic carbocycles. The molecule has 5 heteroatoms. The Morgan fingerprint density at radius 2 is 1.69 bits per heavy atom. The van der Waals surface area contributed by atoms with E-state index >= 15 is 0 Å². The van der Waals surface area contributed by atoms with Crippen LogP contribution in [-0.2, 0) is 4.74 Å². The lowest BCUT2D eigenvalue weighted by Gasteiger charge is -2.26. The second kappa shape index (κ2) is 10.3. The Balaban J connectivity index is 1.45. The van der Waals surface area contributed by atoms with Crippen LogP contribution in [0.2, 0.25) is 0 Å². The maximum Gasteiger partial charge on any atom is 0.119 e. The zero-order valence-electron chi connectivity index (χ0n) is 16.8. The lowest BCUT2D eigenvalue weighted by atomic mass is 9.90. The first-order chi connectivity index (χ1) is 14.3. The average Bonchev–Trinajstić information content (AvgIpc) is 3.31. The van der Waals surface area contributed by atoms with Crippen molar-refractivity contribution >= 4 is 23.1 Å². The van der Waals surface area contributed by atoms with Crippen molar-refractivity contribution in [3.05, 3.63) is 82.0 Å². The number of ether oxygens (including phenoxy) is 2. The minimum atomic E-state index is 0.258. The third-order valence-corrected chi connectivity index (χ3v) is 6.95. The Bertz CT molecular complexity index is 857. The molecular formula is C24H27NO2S2. The highest BCUT2D eigenvalue weighted by atomic mass is 32.2. The second-order valence-corrected chi connectivity index (χ2v) is 8.95. The van der Waals surface area contributed by atoms with Crippen LogP contribution in [0.15, 0.2) is 70.9 Å². The molecule has 0 aliphatic carbocycles. The lowest BCUT2D eigenvalue weighted by Crippen LogP contribution is -2.38. The van der Waals surface area contributed by atoms with Crippen LogP contribution in [0.1, 0.15) is 21.9 Å². The largest absolute Gasteiger partial charge is 0.492 e.